The van der Waals surface area contributed by atoms with Crippen molar-refractivity contribution < 1.29 is 47.7 Å². The van der Waals surface area contributed by atoms with E-state index in [9.17, 15) is 28.8 Å². The lowest BCUT2D eigenvalue weighted by Crippen LogP contribution is -2.45. The van der Waals surface area contributed by atoms with E-state index in [2.05, 4.69) is 30.9 Å². The van der Waals surface area contributed by atoms with Crippen LogP contribution in [-0.2, 0) is 47.7 Å². The number of aliphatic imine (C=N–C) groups is 1. The highest BCUT2D eigenvalue weighted by molar-refractivity contribution is 9.10. The molecule has 0 radical (unpaired) electrons. The first-order valence-corrected chi connectivity index (χ1v) is 13.9. The maximum Gasteiger partial charge on any atom is 0.347 e. The van der Waals surface area contributed by atoms with Crippen molar-refractivity contribution in [3.63, 3.8) is 0 Å². The summed E-state index contributed by atoms with van der Waals surface area (Å²) in [6, 6.07) is 3.35. The second-order valence-corrected chi connectivity index (χ2v) is 10.2. The number of benzene rings is 1. The summed E-state index contributed by atoms with van der Waals surface area (Å²) in [5.74, 6) is -4.80. The maximum absolute atomic E-state index is 13.4. The van der Waals surface area contributed by atoms with Crippen molar-refractivity contribution in [2.75, 3.05) is 13.1 Å². The van der Waals surface area contributed by atoms with E-state index < -0.39 is 54.2 Å². The van der Waals surface area contributed by atoms with Gasteiger partial charge in [0.2, 0.25) is 11.9 Å². The Balaban J connectivity index is 0.00000675. The number of carbonyl (C=O) groups is 6. The molecule has 0 saturated carbocycles. The summed E-state index contributed by atoms with van der Waals surface area (Å²) in [7, 11) is 0. The molecule has 3 rings (SSSR count). The van der Waals surface area contributed by atoms with E-state index in [1.54, 1.807) is 18.3 Å². The minimum atomic E-state index is -1.47. The van der Waals surface area contributed by atoms with Crippen molar-refractivity contribution >= 4 is 74.3 Å². The molecule has 1 aromatic carbocycles. The number of esters is 4. The minimum absolute atomic E-state index is 0. The van der Waals surface area contributed by atoms with Crippen molar-refractivity contribution in [3.05, 3.63) is 29.0 Å². The van der Waals surface area contributed by atoms with Gasteiger partial charge in [-0.3, -0.25) is 34.2 Å². The number of amides is 2. The third-order valence-electron chi connectivity index (χ3n) is 6.02. The summed E-state index contributed by atoms with van der Waals surface area (Å²) >= 11 is 3.47. The summed E-state index contributed by atoms with van der Waals surface area (Å²) in [6.45, 7) is 7.70. The van der Waals surface area contributed by atoms with E-state index in [4.69, 9.17) is 18.9 Å². The summed E-state index contributed by atoms with van der Waals surface area (Å²) < 4.78 is 20.4. The van der Waals surface area contributed by atoms with Gasteiger partial charge in [0.1, 0.15) is 5.52 Å². The Morgan fingerprint density at radius 1 is 0.773 bits per heavy atom. The van der Waals surface area contributed by atoms with Crippen LogP contribution in [0.1, 0.15) is 49.0 Å². The highest BCUT2D eigenvalue weighted by Crippen LogP contribution is 2.32. The average molecular weight is 681 g/mol. The molecule has 44 heavy (non-hydrogen) atoms. The van der Waals surface area contributed by atoms with Gasteiger partial charge in [0.05, 0.1) is 15.7 Å². The predicted molar refractivity (Wildman–Crippen MR) is 158 cm³/mol. The fraction of sp³-hybridized carbons (Fsp3) is 0.464. The lowest BCUT2D eigenvalue weighted by atomic mass is 10.2. The number of fused-ring (bicyclic) bond motifs is 1. The van der Waals surface area contributed by atoms with Crippen LogP contribution in [-0.4, -0.2) is 98.9 Å². The molecular weight excluding hydrogens is 646 g/mol. The van der Waals surface area contributed by atoms with E-state index in [1.807, 2.05) is 0 Å². The number of carbonyl (C=O) groups excluding carboxylic acids is 6. The highest BCUT2D eigenvalue weighted by Gasteiger charge is 2.38. The Hall–Kier alpha value is -4.47. The maximum atomic E-state index is 13.4. The number of aromatic nitrogens is 2. The molecule has 16 heteroatoms. The van der Waals surface area contributed by atoms with Crippen LogP contribution in [0.25, 0.3) is 11.0 Å². The number of hydrogen-bond acceptors (Lipinski definition) is 13. The Kier molecular flexibility index (Phi) is 12.4. The van der Waals surface area contributed by atoms with Crippen molar-refractivity contribution in [2.24, 2.45) is 4.99 Å². The first kappa shape index (κ1) is 35.7. The Morgan fingerprint density at radius 3 is 1.82 bits per heavy atom. The highest BCUT2D eigenvalue weighted by atomic mass is 79.9. The second-order valence-electron chi connectivity index (χ2n) is 9.38. The molecule has 1 aromatic heterocycles. The van der Waals surface area contributed by atoms with Crippen LogP contribution in [0.15, 0.2) is 34.0 Å². The first-order valence-electron chi connectivity index (χ1n) is 13.1. The molecule has 2 aromatic rings. The molecule has 2 amide bonds. The van der Waals surface area contributed by atoms with Gasteiger partial charge >= 0.3 is 23.9 Å². The smallest absolute Gasteiger partial charge is 0.347 e. The van der Waals surface area contributed by atoms with E-state index in [0.29, 0.717) is 21.2 Å². The standard InChI is InChI=1S/C27H30BrN5O10.CH4/c1-13(41-25(38)15(3)43-26(39)16(4)42-24(37)14(2)40-18(6)35)23(36)33-12-11-32(17(5)34)27(33)31-19-7-8-20-22(21(19)28)30-10-9-29-20;/h7-10,13-16H,11-12H2,1-6H3;1H4/t13-,14-,15-,16-;/m0./s1. The van der Waals surface area contributed by atoms with Gasteiger partial charge in [-0.15, -0.1) is 0 Å². The fourth-order valence-electron chi connectivity index (χ4n) is 3.83. The lowest BCUT2D eigenvalue weighted by molar-refractivity contribution is -0.183. The lowest BCUT2D eigenvalue weighted by Gasteiger charge is -2.24. The fourth-order valence-corrected chi connectivity index (χ4v) is 4.36. The Morgan fingerprint density at radius 2 is 1.27 bits per heavy atom. The van der Waals surface area contributed by atoms with Crippen LogP contribution in [0.3, 0.4) is 0 Å². The van der Waals surface area contributed by atoms with Crippen molar-refractivity contribution in [1.29, 1.82) is 0 Å². The third kappa shape index (κ3) is 8.55. The minimum Gasteiger partial charge on any atom is -0.451 e. The number of guanidine groups is 1. The van der Waals surface area contributed by atoms with Gasteiger partial charge in [0, 0.05) is 39.3 Å². The monoisotopic (exact) mass is 679 g/mol. The van der Waals surface area contributed by atoms with Gasteiger partial charge < -0.3 is 18.9 Å². The molecule has 0 N–H and O–H groups in total. The Labute approximate surface area is 262 Å². The molecule has 1 aliphatic heterocycles. The zero-order valence-corrected chi connectivity index (χ0v) is 25.8. The van der Waals surface area contributed by atoms with Crippen LogP contribution >= 0.6 is 15.9 Å². The summed E-state index contributed by atoms with van der Waals surface area (Å²) in [4.78, 5) is 89.2. The summed E-state index contributed by atoms with van der Waals surface area (Å²) in [5, 5.41) is 0. The molecule has 1 saturated heterocycles. The van der Waals surface area contributed by atoms with E-state index in [1.165, 1.54) is 50.6 Å². The third-order valence-corrected chi connectivity index (χ3v) is 6.80. The van der Waals surface area contributed by atoms with E-state index in [-0.39, 0.29) is 32.4 Å². The molecule has 0 aliphatic carbocycles. The molecule has 0 bridgehead atoms. The van der Waals surface area contributed by atoms with Gasteiger partial charge in [-0.2, -0.15) is 0 Å². The predicted octanol–water partition coefficient (Wildman–Crippen LogP) is 2.45. The molecule has 1 aliphatic rings. The number of ether oxygens (including phenoxy) is 4. The number of nitrogens with zero attached hydrogens (tertiary/aromatic N) is 5. The molecule has 0 spiro atoms. The summed E-state index contributed by atoms with van der Waals surface area (Å²) in [5.41, 5.74) is 1.53. The van der Waals surface area contributed by atoms with E-state index >= 15 is 0 Å². The average Bonchev–Trinajstić information content (AvgIpc) is 3.37. The quantitative estimate of drug-likeness (QED) is 0.279. The largest absolute Gasteiger partial charge is 0.451 e. The number of halogens is 1. The second kappa shape index (κ2) is 15.3. The van der Waals surface area contributed by atoms with Crippen LogP contribution in [0.2, 0.25) is 0 Å². The van der Waals surface area contributed by atoms with Crippen molar-refractivity contribution in [2.45, 2.75) is 73.4 Å². The molecule has 2 heterocycles. The van der Waals surface area contributed by atoms with Gasteiger partial charge in [0.15, 0.2) is 24.4 Å². The van der Waals surface area contributed by atoms with E-state index in [0.717, 1.165) is 6.92 Å². The van der Waals surface area contributed by atoms with Gasteiger partial charge in [-0.1, -0.05) is 7.43 Å². The molecule has 15 nitrogen and oxygen atoms in total. The summed E-state index contributed by atoms with van der Waals surface area (Å²) in [6.07, 6.45) is -2.44. The molecule has 1 fully saturated rings. The van der Waals surface area contributed by atoms with Crippen molar-refractivity contribution in [3.8, 4) is 0 Å². The number of rotatable bonds is 9. The first-order chi connectivity index (χ1) is 20.2. The van der Waals surface area contributed by atoms with Crippen LogP contribution in [0.4, 0.5) is 5.69 Å². The van der Waals surface area contributed by atoms with Gasteiger partial charge in [-0.05, 0) is 55.8 Å². The molecule has 0 unspecified atom stereocenters. The number of hydrogen-bond donors (Lipinski definition) is 0. The zero-order chi connectivity index (χ0) is 32.0. The van der Waals surface area contributed by atoms with Crippen molar-refractivity contribution in [1.82, 2.24) is 19.8 Å². The molecular formula is C28H34BrN5O10. The van der Waals surface area contributed by atoms with Crippen LogP contribution in [0, 0.1) is 0 Å². The van der Waals surface area contributed by atoms with Crippen LogP contribution in [0.5, 0.6) is 0 Å². The molecule has 238 valence electrons. The van der Waals surface area contributed by atoms with Gasteiger partial charge in [-0.25, -0.2) is 19.4 Å². The zero-order valence-electron chi connectivity index (χ0n) is 24.2. The molecule has 4 atom stereocenters. The van der Waals surface area contributed by atoms with Gasteiger partial charge in [0.25, 0.3) is 5.91 Å². The normalized spacial score (nSPS) is 16.3. The Bertz CT molecular complexity index is 1480. The topological polar surface area (TPSA) is 184 Å². The SMILES string of the molecule is C.CC(=O)O[C@@H](C)C(=O)O[C@@H](C)C(=O)O[C@@H](C)C(=O)O[C@@H](C)C(=O)N1CCN(C(C)=O)C1=Nc1ccc2nccnc2c1Br. The van der Waals surface area contributed by atoms with Crippen LogP contribution < -0.4 is 0 Å².